The Balaban J connectivity index is 3.00. The lowest BCUT2D eigenvalue weighted by molar-refractivity contribution is -0.155. The zero-order valence-electron chi connectivity index (χ0n) is 10.6. The molecule has 16 heavy (non-hydrogen) atoms. The summed E-state index contributed by atoms with van der Waals surface area (Å²) in [7, 11) is 1.57. The van der Waals surface area contributed by atoms with Crippen molar-refractivity contribution in [3.8, 4) is 0 Å². The minimum atomic E-state index is -0.470. The Morgan fingerprint density at radius 3 is 2.25 bits per heavy atom. The molecule has 4 heteroatoms. The van der Waals surface area contributed by atoms with E-state index in [4.69, 9.17) is 9.47 Å². The molecule has 1 heterocycles. The van der Waals surface area contributed by atoms with E-state index in [-0.39, 0.29) is 17.4 Å². The third kappa shape index (κ3) is 2.26. The van der Waals surface area contributed by atoms with E-state index >= 15 is 0 Å². The smallest absolute Gasteiger partial charge is 0.320 e. The van der Waals surface area contributed by atoms with E-state index in [1.807, 2.05) is 27.7 Å². The van der Waals surface area contributed by atoms with Crippen LogP contribution in [0.15, 0.2) is 0 Å². The summed E-state index contributed by atoms with van der Waals surface area (Å²) in [5.41, 5.74) is -0.198. The van der Waals surface area contributed by atoms with Gasteiger partial charge in [-0.2, -0.15) is 0 Å². The van der Waals surface area contributed by atoms with Crippen LogP contribution in [0.5, 0.6) is 0 Å². The summed E-state index contributed by atoms with van der Waals surface area (Å²) in [6.45, 7) is 7.85. The molecule has 1 rings (SSSR count). The van der Waals surface area contributed by atoms with Crippen LogP contribution in [0.4, 0.5) is 0 Å². The van der Waals surface area contributed by atoms with Crippen LogP contribution in [-0.4, -0.2) is 25.2 Å². The maximum absolute atomic E-state index is 11.7. The van der Waals surface area contributed by atoms with Gasteiger partial charge in [0.2, 0.25) is 0 Å². The maximum Gasteiger partial charge on any atom is 0.320 e. The second kappa shape index (κ2) is 4.53. The molecule has 1 fully saturated rings. The van der Waals surface area contributed by atoms with Gasteiger partial charge in [0.05, 0.1) is 17.9 Å². The Hall–Kier alpha value is -0.900. The van der Waals surface area contributed by atoms with E-state index in [0.717, 1.165) is 0 Å². The summed E-state index contributed by atoms with van der Waals surface area (Å²) in [5, 5.41) is 0. The third-order valence-corrected chi connectivity index (χ3v) is 3.08. The first-order valence-corrected chi connectivity index (χ1v) is 5.61. The van der Waals surface area contributed by atoms with Gasteiger partial charge in [-0.25, -0.2) is 0 Å². The van der Waals surface area contributed by atoms with Gasteiger partial charge in [0, 0.05) is 7.11 Å². The van der Waals surface area contributed by atoms with Crippen LogP contribution in [0, 0.1) is 17.3 Å². The van der Waals surface area contributed by atoms with Gasteiger partial charge < -0.3 is 9.47 Å². The van der Waals surface area contributed by atoms with Gasteiger partial charge >= 0.3 is 11.9 Å². The fraction of sp³-hybridized carbons (Fsp3) is 0.833. The molecule has 0 aromatic rings. The normalized spacial score (nSPS) is 28.1. The molecule has 92 valence electrons. The van der Waals surface area contributed by atoms with E-state index in [0.29, 0.717) is 6.42 Å². The van der Waals surface area contributed by atoms with Gasteiger partial charge in [-0.1, -0.05) is 27.7 Å². The van der Waals surface area contributed by atoms with Crippen molar-refractivity contribution >= 4 is 11.9 Å². The molecule has 1 aliphatic rings. The van der Waals surface area contributed by atoms with Gasteiger partial charge in [-0.15, -0.1) is 0 Å². The summed E-state index contributed by atoms with van der Waals surface area (Å²) >= 11 is 0. The molecule has 0 bridgehead atoms. The maximum atomic E-state index is 11.7. The standard InChI is InChI=1S/C12H20O4/c1-6-7-8(11(14)16-10(7)13)9(15-5)12(2,3)4/h7-9H,6H2,1-5H3. The number of carbonyl (C=O) groups is 2. The average molecular weight is 228 g/mol. The van der Waals surface area contributed by atoms with Crippen molar-refractivity contribution in [2.45, 2.75) is 40.2 Å². The van der Waals surface area contributed by atoms with E-state index in [9.17, 15) is 9.59 Å². The fourth-order valence-corrected chi connectivity index (χ4v) is 2.35. The molecular weight excluding hydrogens is 208 g/mol. The number of hydrogen-bond acceptors (Lipinski definition) is 4. The number of esters is 2. The van der Waals surface area contributed by atoms with Crippen LogP contribution in [0.2, 0.25) is 0 Å². The Kier molecular flexibility index (Phi) is 3.73. The van der Waals surface area contributed by atoms with E-state index in [2.05, 4.69) is 0 Å². The van der Waals surface area contributed by atoms with Crippen molar-refractivity contribution in [2.24, 2.45) is 17.3 Å². The number of hydrogen-bond donors (Lipinski definition) is 0. The molecule has 0 aromatic carbocycles. The predicted molar refractivity (Wildman–Crippen MR) is 58.6 cm³/mol. The van der Waals surface area contributed by atoms with E-state index < -0.39 is 17.9 Å². The van der Waals surface area contributed by atoms with Crippen molar-refractivity contribution in [1.82, 2.24) is 0 Å². The van der Waals surface area contributed by atoms with Gasteiger partial charge in [0.1, 0.15) is 0 Å². The lowest BCUT2D eigenvalue weighted by Crippen LogP contribution is -2.41. The fourth-order valence-electron chi connectivity index (χ4n) is 2.35. The zero-order valence-corrected chi connectivity index (χ0v) is 10.6. The number of carbonyl (C=O) groups excluding carboxylic acids is 2. The summed E-state index contributed by atoms with van der Waals surface area (Å²) < 4.78 is 10.1. The first kappa shape index (κ1) is 13.2. The van der Waals surface area contributed by atoms with E-state index in [1.54, 1.807) is 7.11 Å². The molecule has 3 atom stereocenters. The summed E-state index contributed by atoms with van der Waals surface area (Å²) in [6.07, 6.45) is 0.307. The minimum absolute atomic E-state index is 0.198. The molecule has 0 radical (unpaired) electrons. The molecule has 0 saturated carbocycles. The van der Waals surface area contributed by atoms with Crippen molar-refractivity contribution in [2.75, 3.05) is 7.11 Å². The van der Waals surface area contributed by atoms with Gasteiger partial charge in [0.25, 0.3) is 0 Å². The third-order valence-electron chi connectivity index (χ3n) is 3.08. The quantitative estimate of drug-likeness (QED) is 0.545. The highest BCUT2D eigenvalue weighted by molar-refractivity contribution is 5.96. The monoisotopic (exact) mass is 228 g/mol. The van der Waals surface area contributed by atoms with Crippen LogP contribution < -0.4 is 0 Å². The summed E-state index contributed by atoms with van der Waals surface area (Å²) in [5.74, 6) is -1.69. The molecular formula is C12H20O4. The molecule has 0 N–H and O–H groups in total. The molecule has 0 amide bonds. The van der Waals surface area contributed by atoms with Crippen molar-refractivity contribution in [3.63, 3.8) is 0 Å². The molecule has 3 unspecified atom stereocenters. The van der Waals surface area contributed by atoms with Crippen molar-refractivity contribution in [3.05, 3.63) is 0 Å². The molecule has 1 saturated heterocycles. The molecule has 0 aliphatic carbocycles. The number of ether oxygens (including phenoxy) is 2. The molecule has 1 aliphatic heterocycles. The molecule has 4 nitrogen and oxygen atoms in total. The van der Waals surface area contributed by atoms with Crippen LogP contribution in [-0.2, 0) is 19.1 Å². The Bertz CT molecular complexity index is 290. The largest absolute Gasteiger partial charge is 0.393 e. The first-order valence-electron chi connectivity index (χ1n) is 5.61. The van der Waals surface area contributed by atoms with Crippen LogP contribution >= 0.6 is 0 Å². The Labute approximate surface area is 96.3 Å². The molecule has 0 aromatic heterocycles. The minimum Gasteiger partial charge on any atom is -0.393 e. The van der Waals surface area contributed by atoms with Gasteiger partial charge in [-0.05, 0) is 11.8 Å². The molecule has 0 spiro atoms. The number of cyclic esters (lactones) is 2. The topological polar surface area (TPSA) is 52.6 Å². The Morgan fingerprint density at radius 1 is 1.31 bits per heavy atom. The van der Waals surface area contributed by atoms with Crippen LogP contribution in [0.1, 0.15) is 34.1 Å². The van der Waals surface area contributed by atoms with Crippen LogP contribution in [0.25, 0.3) is 0 Å². The highest BCUT2D eigenvalue weighted by Crippen LogP contribution is 2.38. The summed E-state index contributed by atoms with van der Waals surface area (Å²) in [4.78, 5) is 23.2. The van der Waals surface area contributed by atoms with Gasteiger partial charge in [0.15, 0.2) is 0 Å². The van der Waals surface area contributed by atoms with E-state index in [1.165, 1.54) is 0 Å². The summed E-state index contributed by atoms with van der Waals surface area (Å²) in [6, 6.07) is 0. The highest BCUT2D eigenvalue weighted by atomic mass is 16.6. The Morgan fingerprint density at radius 2 is 1.88 bits per heavy atom. The lowest BCUT2D eigenvalue weighted by atomic mass is 9.76. The highest BCUT2D eigenvalue weighted by Gasteiger charge is 2.50. The van der Waals surface area contributed by atoms with Gasteiger partial charge in [-0.3, -0.25) is 9.59 Å². The van der Waals surface area contributed by atoms with Crippen molar-refractivity contribution in [1.29, 1.82) is 0 Å². The predicted octanol–water partition coefficient (Wildman–Crippen LogP) is 1.77. The average Bonchev–Trinajstić information content (AvgIpc) is 2.40. The first-order chi connectivity index (χ1) is 7.32. The number of methoxy groups -OCH3 is 1. The SMILES string of the molecule is CCC1C(=O)OC(=O)C1C(OC)C(C)(C)C. The second-order valence-corrected chi connectivity index (χ2v) is 5.30. The van der Waals surface area contributed by atoms with Crippen LogP contribution in [0.3, 0.4) is 0 Å². The number of rotatable bonds is 3. The van der Waals surface area contributed by atoms with Crippen molar-refractivity contribution < 1.29 is 19.1 Å². The second-order valence-electron chi connectivity index (χ2n) is 5.30. The zero-order chi connectivity index (χ0) is 12.5. The lowest BCUT2D eigenvalue weighted by Gasteiger charge is -2.33.